The molecule has 0 radical (unpaired) electrons. The van der Waals surface area contributed by atoms with Crippen LogP contribution in [0.5, 0.6) is 17.2 Å². The number of aromatic hydroxyl groups is 1. The van der Waals surface area contributed by atoms with E-state index in [4.69, 9.17) is 14.2 Å². The van der Waals surface area contributed by atoms with Gasteiger partial charge in [0.15, 0.2) is 11.5 Å². The second kappa shape index (κ2) is 12.6. The molecule has 3 aliphatic rings. The van der Waals surface area contributed by atoms with Gasteiger partial charge in [-0.3, -0.25) is 4.90 Å². The van der Waals surface area contributed by atoms with E-state index in [1.54, 1.807) is 18.2 Å². The number of phenols is 1. The second-order valence-electron chi connectivity index (χ2n) is 9.33. The van der Waals surface area contributed by atoms with Crippen molar-refractivity contribution < 1.29 is 24.1 Å². The molecule has 0 aromatic heterocycles. The fourth-order valence-electron chi connectivity index (χ4n) is 5.08. The van der Waals surface area contributed by atoms with E-state index in [1.807, 2.05) is 23.1 Å². The molecular formula is C26H36N2O5S2. The average Bonchev–Trinajstić information content (AvgIpc) is 3.18. The topological polar surface area (TPSA) is 71.5 Å². The second-order valence-corrected chi connectivity index (χ2v) is 9.33. The summed E-state index contributed by atoms with van der Waals surface area (Å²) < 4.78 is 17.2. The SMILES string of the molecule is O=C1OC[C@H](Cc2ccccc2)N1CCC1CCN(C[C@H]2COc3ccc(O)cc3O2)CC1.S.S. The highest BCUT2D eigenvalue weighted by molar-refractivity contribution is 7.59. The average molecular weight is 521 g/mol. The maximum Gasteiger partial charge on any atom is 0.410 e. The molecule has 35 heavy (non-hydrogen) atoms. The summed E-state index contributed by atoms with van der Waals surface area (Å²) in [5.74, 6) is 2.11. The van der Waals surface area contributed by atoms with E-state index in [9.17, 15) is 9.90 Å². The van der Waals surface area contributed by atoms with E-state index in [1.165, 1.54) is 5.56 Å². The molecule has 0 unspecified atom stereocenters. The third-order valence-electron chi connectivity index (χ3n) is 6.98. The molecule has 3 heterocycles. The summed E-state index contributed by atoms with van der Waals surface area (Å²) in [6, 6.07) is 15.4. The number of fused-ring (bicyclic) bond motifs is 1. The zero-order valence-corrected chi connectivity index (χ0v) is 21.9. The van der Waals surface area contributed by atoms with Crippen LogP contribution in [-0.4, -0.2) is 72.5 Å². The monoisotopic (exact) mass is 520 g/mol. The van der Waals surface area contributed by atoms with Gasteiger partial charge in [-0.15, -0.1) is 0 Å². The molecular weight excluding hydrogens is 484 g/mol. The number of carbonyl (C=O) groups excluding carboxylic acids is 1. The minimum atomic E-state index is -0.172. The highest BCUT2D eigenvalue weighted by atomic mass is 32.1. The summed E-state index contributed by atoms with van der Waals surface area (Å²) in [6.07, 6.45) is 3.90. The number of phenolic OH excluding ortho intramolecular Hbond substituents is 1. The highest BCUT2D eigenvalue weighted by Gasteiger charge is 2.33. The van der Waals surface area contributed by atoms with E-state index < -0.39 is 0 Å². The lowest BCUT2D eigenvalue weighted by Gasteiger charge is -2.36. The Balaban J connectivity index is 0.00000171. The van der Waals surface area contributed by atoms with Crippen molar-refractivity contribution in [2.24, 2.45) is 5.92 Å². The van der Waals surface area contributed by atoms with E-state index in [-0.39, 0.29) is 51.0 Å². The Labute approximate surface area is 221 Å². The molecule has 2 fully saturated rings. The minimum Gasteiger partial charge on any atom is -0.508 e. The molecule has 2 aromatic rings. The molecule has 3 aliphatic heterocycles. The fourth-order valence-corrected chi connectivity index (χ4v) is 5.08. The number of likely N-dealkylation sites (tertiary alicyclic amines) is 1. The van der Waals surface area contributed by atoms with Crippen LogP contribution in [0.15, 0.2) is 48.5 Å². The number of nitrogens with zero attached hydrogens (tertiary/aromatic N) is 2. The van der Waals surface area contributed by atoms with Gasteiger partial charge in [-0.2, -0.15) is 27.0 Å². The summed E-state index contributed by atoms with van der Waals surface area (Å²) in [4.78, 5) is 16.6. The van der Waals surface area contributed by atoms with Crippen LogP contribution in [0.25, 0.3) is 0 Å². The number of rotatable bonds is 7. The van der Waals surface area contributed by atoms with Crippen LogP contribution < -0.4 is 9.47 Å². The predicted molar refractivity (Wildman–Crippen MR) is 145 cm³/mol. The molecule has 1 amide bonds. The Kier molecular flexibility index (Phi) is 9.89. The number of hydrogen-bond acceptors (Lipinski definition) is 6. The van der Waals surface area contributed by atoms with Gasteiger partial charge in [0, 0.05) is 19.2 Å². The summed E-state index contributed by atoms with van der Waals surface area (Å²) in [5, 5.41) is 9.68. The summed E-state index contributed by atoms with van der Waals surface area (Å²) in [5.41, 5.74) is 1.24. The van der Waals surface area contributed by atoms with Crippen molar-refractivity contribution in [3.05, 3.63) is 54.1 Å². The molecule has 2 saturated heterocycles. The number of benzene rings is 2. The van der Waals surface area contributed by atoms with Crippen LogP contribution in [0.4, 0.5) is 4.79 Å². The molecule has 2 atom stereocenters. The van der Waals surface area contributed by atoms with Crippen LogP contribution in [0, 0.1) is 5.92 Å². The van der Waals surface area contributed by atoms with Gasteiger partial charge in [-0.25, -0.2) is 4.79 Å². The van der Waals surface area contributed by atoms with Crippen LogP contribution in [0.1, 0.15) is 24.8 Å². The van der Waals surface area contributed by atoms with Gasteiger partial charge in [0.2, 0.25) is 0 Å². The molecule has 1 N–H and O–H groups in total. The van der Waals surface area contributed by atoms with E-state index in [0.29, 0.717) is 30.6 Å². The quantitative estimate of drug-likeness (QED) is 0.597. The number of cyclic esters (lactones) is 1. The number of ether oxygens (including phenoxy) is 3. The first-order chi connectivity index (χ1) is 16.1. The van der Waals surface area contributed by atoms with Crippen molar-refractivity contribution in [2.45, 2.75) is 37.8 Å². The molecule has 0 bridgehead atoms. The standard InChI is InChI=1S/C26H32N2O5.2H2S/c29-22-6-7-24-25(15-22)33-23(18-31-24)16-27-11-8-19(9-12-27)10-13-28-21(17-32-26(28)30)14-20-4-2-1-3-5-20;;/h1-7,15,19,21,23,29H,8-14,16-18H2;2*1H2/t21-,23-;;/m0../s1. The normalized spacial score (nSPS) is 22.2. The van der Waals surface area contributed by atoms with Crippen molar-refractivity contribution in [2.75, 3.05) is 39.4 Å². The van der Waals surface area contributed by atoms with E-state index >= 15 is 0 Å². The number of piperidine rings is 1. The maximum absolute atomic E-state index is 12.3. The smallest absolute Gasteiger partial charge is 0.410 e. The third kappa shape index (κ3) is 6.92. The fraction of sp³-hybridized carbons (Fsp3) is 0.500. The van der Waals surface area contributed by atoms with Gasteiger partial charge >= 0.3 is 6.09 Å². The van der Waals surface area contributed by atoms with Gasteiger partial charge in [0.25, 0.3) is 0 Å². The van der Waals surface area contributed by atoms with Crippen LogP contribution in [0.3, 0.4) is 0 Å². The van der Waals surface area contributed by atoms with E-state index in [0.717, 1.165) is 51.9 Å². The van der Waals surface area contributed by atoms with Gasteiger partial charge in [0.05, 0.1) is 6.04 Å². The zero-order valence-electron chi connectivity index (χ0n) is 19.9. The van der Waals surface area contributed by atoms with Crippen molar-refractivity contribution in [3.63, 3.8) is 0 Å². The molecule has 0 aliphatic carbocycles. The van der Waals surface area contributed by atoms with Gasteiger partial charge in [-0.1, -0.05) is 30.3 Å². The first kappa shape index (κ1) is 27.4. The lowest BCUT2D eigenvalue weighted by molar-refractivity contribution is 0.0463. The number of hydrogen-bond donors (Lipinski definition) is 1. The lowest BCUT2D eigenvalue weighted by Crippen LogP contribution is -2.44. The Morgan fingerprint density at radius 1 is 0.943 bits per heavy atom. The van der Waals surface area contributed by atoms with Gasteiger partial charge < -0.3 is 24.2 Å². The summed E-state index contributed by atoms with van der Waals surface area (Å²) >= 11 is 0. The van der Waals surface area contributed by atoms with Crippen LogP contribution in [0.2, 0.25) is 0 Å². The van der Waals surface area contributed by atoms with Crippen LogP contribution in [-0.2, 0) is 11.2 Å². The highest BCUT2D eigenvalue weighted by Crippen LogP contribution is 2.35. The third-order valence-corrected chi connectivity index (χ3v) is 6.98. The van der Waals surface area contributed by atoms with Crippen molar-refractivity contribution in [3.8, 4) is 17.2 Å². The summed E-state index contributed by atoms with van der Waals surface area (Å²) in [6.45, 7) is 4.64. The molecule has 0 spiro atoms. The number of amides is 1. The van der Waals surface area contributed by atoms with Crippen molar-refractivity contribution in [1.82, 2.24) is 9.80 Å². The molecule has 7 nitrogen and oxygen atoms in total. The first-order valence-electron chi connectivity index (χ1n) is 12.0. The van der Waals surface area contributed by atoms with Crippen molar-refractivity contribution >= 4 is 33.1 Å². The lowest BCUT2D eigenvalue weighted by atomic mass is 9.93. The largest absolute Gasteiger partial charge is 0.508 e. The molecule has 0 saturated carbocycles. The predicted octanol–water partition coefficient (Wildman–Crippen LogP) is 3.92. The minimum absolute atomic E-state index is 0. The Bertz CT molecular complexity index is 956. The molecule has 5 rings (SSSR count). The van der Waals surface area contributed by atoms with Gasteiger partial charge in [-0.05, 0) is 62.4 Å². The summed E-state index contributed by atoms with van der Waals surface area (Å²) in [7, 11) is 0. The Morgan fingerprint density at radius 3 is 2.49 bits per heavy atom. The Morgan fingerprint density at radius 2 is 1.71 bits per heavy atom. The zero-order chi connectivity index (χ0) is 22.6. The molecule has 2 aromatic carbocycles. The van der Waals surface area contributed by atoms with Crippen LogP contribution >= 0.6 is 27.0 Å². The van der Waals surface area contributed by atoms with Crippen molar-refractivity contribution in [1.29, 1.82) is 0 Å². The van der Waals surface area contributed by atoms with E-state index in [2.05, 4.69) is 17.0 Å². The molecule has 192 valence electrons. The first-order valence-corrected chi connectivity index (χ1v) is 12.0. The Hall–Kier alpha value is -2.23. The van der Waals surface area contributed by atoms with Gasteiger partial charge in [0.1, 0.15) is 25.1 Å². The number of carbonyl (C=O) groups is 1. The molecule has 9 heteroatoms. The maximum atomic E-state index is 12.3.